The average molecular weight is 256 g/mol. The van der Waals surface area contributed by atoms with Gasteiger partial charge in [0.1, 0.15) is 6.54 Å². The maximum atomic E-state index is 12.3. The highest BCUT2D eigenvalue weighted by molar-refractivity contribution is 5.80. The minimum atomic E-state index is -0.945. The molecule has 0 aromatic rings. The first-order chi connectivity index (χ1) is 8.58. The lowest BCUT2D eigenvalue weighted by molar-refractivity contribution is -0.137. The molecule has 1 N–H and O–H groups in total. The fourth-order valence-corrected chi connectivity index (χ4v) is 2.02. The number of nitrogens with zero attached hydrogens (tertiary/aromatic N) is 2. The number of aliphatic carboxylic acids is 1. The quantitative estimate of drug-likeness (QED) is 0.722. The lowest BCUT2D eigenvalue weighted by atomic mass is 10.3. The van der Waals surface area contributed by atoms with E-state index >= 15 is 0 Å². The van der Waals surface area contributed by atoms with E-state index in [4.69, 9.17) is 5.11 Å². The molecule has 0 aromatic carbocycles. The fourth-order valence-electron chi connectivity index (χ4n) is 2.02. The number of carbonyl (C=O) groups excluding carboxylic acids is 1. The zero-order valence-electron chi connectivity index (χ0n) is 11.4. The number of urea groups is 1. The summed E-state index contributed by atoms with van der Waals surface area (Å²) in [5.74, 6) is -0.312. The van der Waals surface area contributed by atoms with E-state index in [1.54, 1.807) is 0 Å². The van der Waals surface area contributed by atoms with Crippen molar-refractivity contribution in [3.05, 3.63) is 0 Å². The molecule has 0 aromatic heterocycles. The van der Waals surface area contributed by atoms with Gasteiger partial charge in [-0.1, -0.05) is 13.8 Å². The van der Waals surface area contributed by atoms with Gasteiger partial charge in [-0.25, -0.2) is 4.79 Å². The topological polar surface area (TPSA) is 60.9 Å². The van der Waals surface area contributed by atoms with E-state index in [0.29, 0.717) is 12.5 Å². The van der Waals surface area contributed by atoms with Gasteiger partial charge in [-0.3, -0.25) is 4.79 Å². The van der Waals surface area contributed by atoms with Crippen molar-refractivity contribution in [2.45, 2.75) is 39.5 Å². The molecule has 0 saturated heterocycles. The second-order valence-electron chi connectivity index (χ2n) is 4.99. The molecule has 5 heteroatoms. The highest BCUT2D eigenvalue weighted by atomic mass is 16.4. The van der Waals surface area contributed by atoms with E-state index in [0.717, 1.165) is 25.9 Å². The van der Waals surface area contributed by atoms with Gasteiger partial charge in [0, 0.05) is 19.6 Å². The summed E-state index contributed by atoms with van der Waals surface area (Å²) in [4.78, 5) is 26.4. The number of hydrogen-bond acceptors (Lipinski definition) is 2. The second-order valence-corrected chi connectivity index (χ2v) is 4.99. The molecule has 2 amide bonds. The van der Waals surface area contributed by atoms with Gasteiger partial charge >= 0.3 is 12.0 Å². The van der Waals surface area contributed by atoms with Gasteiger partial charge in [-0.05, 0) is 31.6 Å². The Morgan fingerprint density at radius 2 is 1.67 bits per heavy atom. The predicted molar refractivity (Wildman–Crippen MR) is 69.5 cm³/mol. The van der Waals surface area contributed by atoms with Gasteiger partial charge in [-0.2, -0.15) is 0 Å². The minimum absolute atomic E-state index is 0.118. The summed E-state index contributed by atoms with van der Waals surface area (Å²) < 4.78 is 0. The average Bonchev–Trinajstić information content (AvgIpc) is 3.10. The largest absolute Gasteiger partial charge is 0.480 e. The van der Waals surface area contributed by atoms with Crippen molar-refractivity contribution >= 4 is 12.0 Å². The molecule has 5 nitrogen and oxygen atoms in total. The SMILES string of the molecule is CCCN(CC(=O)O)C(=O)N(CCC)CC1CC1. The Bertz CT molecular complexity index is 290. The second kappa shape index (κ2) is 7.24. The van der Waals surface area contributed by atoms with Crippen LogP contribution in [-0.4, -0.2) is 53.1 Å². The van der Waals surface area contributed by atoms with Gasteiger partial charge in [-0.15, -0.1) is 0 Å². The van der Waals surface area contributed by atoms with E-state index in [1.807, 2.05) is 18.7 Å². The monoisotopic (exact) mass is 256 g/mol. The number of amides is 2. The molecule has 18 heavy (non-hydrogen) atoms. The van der Waals surface area contributed by atoms with Crippen molar-refractivity contribution in [2.24, 2.45) is 5.92 Å². The van der Waals surface area contributed by atoms with Gasteiger partial charge in [0.15, 0.2) is 0 Å². The van der Waals surface area contributed by atoms with E-state index in [9.17, 15) is 9.59 Å². The standard InChI is InChI=1S/C13H24N2O3/c1-3-7-14(9-11-5-6-11)13(18)15(8-4-2)10-12(16)17/h11H,3-10H2,1-2H3,(H,16,17). The lowest BCUT2D eigenvalue weighted by Crippen LogP contribution is -2.46. The number of carboxylic acids is 1. The van der Waals surface area contributed by atoms with Crippen LogP contribution in [0.5, 0.6) is 0 Å². The smallest absolute Gasteiger partial charge is 0.323 e. The third-order valence-electron chi connectivity index (χ3n) is 3.03. The van der Waals surface area contributed by atoms with Crippen molar-refractivity contribution in [1.29, 1.82) is 0 Å². The Balaban J connectivity index is 2.59. The first kappa shape index (κ1) is 14.8. The first-order valence-corrected chi connectivity index (χ1v) is 6.84. The molecule has 1 fully saturated rings. The third kappa shape index (κ3) is 4.94. The van der Waals surface area contributed by atoms with Crippen LogP contribution in [0, 0.1) is 5.92 Å². The van der Waals surface area contributed by atoms with Crippen LogP contribution in [0.25, 0.3) is 0 Å². The zero-order chi connectivity index (χ0) is 13.5. The molecular formula is C13H24N2O3. The predicted octanol–water partition coefficient (Wildman–Crippen LogP) is 2.02. The van der Waals surface area contributed by atoms with Crippen LogP contribution in [0.4, 0.5) is 4.79 Å². The molecule has 1 rings (SSSR count). The Kier molecular flexibility index (Phi) is 5.95. The summed E-state index contributed by atoms with van der Waals surface area (Å²) in [6.07, 6.45) is 4.08. The Morgan fingerprint density at radius 1 is 1.11 bits per heavy atom. The van der Waals surface area contributed by atoms with Crippen LogP contribution in [0.3, 0.4) is 0 Å². The molecule has 0 unspecified atom stereocenters. The first-order valence-electron chi connectivity index (χ1n) is 6.84. The number of carbonyl (C=O) groups is 2. The van der Waals surface area contributed by atoms with Crippen LogP contribution in [0.2, 0.25) is 0 Å². The maximum Gasteiger partial charge on any atom is 0.323 e. The Labute approximate surface area is 109 Å². The highest BCUT2D eigenvalue weighted by Gasteiger charge is 2.29. The summed E-state index contributed by atoms with van der Waals surface area (Å²) in [6.45, 7) is 5.80. The van der Waals surface area contributed by atoms with Crippen LogP contribution < -0.4 is 0 Å². The summed E-state index contributed by atoms with van der Waals surface area (Å²) in [5.41, 5.74) is 0. The molecule has 1 aliphatic rings. The summed E-state index contributed by atoms with van der Waals surface area (Å²) in [7, 11) is 0. The van der Waals surface area contributed by atoms with E-state index < -0.39 is 5.97 Å². The number of hydrogen-bond donors (Lipinski definition) is 1. The molecule has 0 atom stereocenters. The molecular weight excluding hydrogens is 232 g/mol. The van der Waals surface area contributed by atoms with Crippen molar-refractivity contribution in [1.82, 2.24) is 9.80 Å². The number of carboxylic acid groups (broad SMARTS) is 1. The van der Waals surface area contributed by atoms with E-state index in [1.165, 1.54) is 17.7 Å². The fraction of sp³-hybridized carbons (Fsp3) is 0.846. The van der Waals surface area contributed by atoms with Gasteiger partial charge in [0.2, 0.25) is 0 Å². The molecule has 0 heterocycles. The normalized spacial score (nSPS) is 14.3. The summed E-state index contributed by atoms with van der Waals surface area (Å²) >= 11 is 0. The molecule has 0 bridgehead atoms. The van der Waals surface area contributed by atoms with Crippen molar-refractivity contribution in [2.75, 3.05) is 26.2 Å². The van der Waals surface area contributed by atoms with Gasteiger partial charge in [0.05, 0.1) is 0 Å². The van der Waals surface area contributed by atoms with Crippen LogP contribution in [0.1, 0.15) is 39.5 Å². The summed E-state index contributed by atoms with van der Waals surface area (Å²) in [5, 5.41) is 8.85. The third-order valence-corrected chi connectivity index (χ3v) is 3.03. The van der Waals surface area contributed by atoms with Crippen LogP contribution in [-0.2, 0) is 4.79 Å². The van der Waals surface area contributed by atoms with Crippen LogP contribution in [0.15, 0.2) is 0 Å². The molecule has 0 aliphatic heterocycles. The lowest BCUT2D eigenvalue weighted by Gasteiger charge is -2.29. The van der Waals surface area contributed by atoms with Gasteiger partial charge < -0.3 is 14.9 Å². The van der Waals surface area contributed by atoms with E-state index in [-0.39, 0.29) is 12.6 Å². The van der Waals surface area contributed by atoms with Crippen molar-refractivity contribution in [3.63, 3.8) is 0 Å². The van der Waals surface area contributed by atoms with Crippen molar-refractivity contribution in [3.8, 4) is 0 Å². The Hall–Kier alpha value is -1.26. The number of rotatable bonds is 8. The molecule has 1 saturated carbocycles. The molecule has 0 radical (unpaired) electrons. The Morgan fingerprint density at radius 3 is 2.11 bits per heavy atom. The van der Waals surface area contributed by atoms with Gasteiger partial charge in [0.25, 0.3) is 0 Å². The maximum absolute atomic E-state index is 12.3. The molecule has 104 valence electrons. The zero-order valence-corrected chi connectivity index (χ0v) is 11.4. The highest BCUT2D eigenvalue weighted by Crippen LogP contribution is 2.30. The minimum Gasteiger partial charge on any atom is -0.480 e. The molecule has 0 spiro atoms. The van der Waals surface area contributed by atoms with Crippen molar-refractivity contribution < 1.29 is 14.7 Å². The van der Waals surface area contributed by atoms with Crippen LogP contribution >= 0.6 is 0 Å². The van der Waals surface area contributed by atoms with E-state index in [2.05, 4.69) is 0 Å². The summed E-state index contributed by atoms with van der Waals surface area (Å²) in [6, 6.07) is -0.118. The molecule has 1 aliphatic carbocycles.